The molecular weight excluding hydrogens is 228 g/mol. The lowest BCUT2D eigenvalue weighted by molar-refractivity contribution is 0.244. The quantitative estimate of drug-likeness (QED) is 0.840. The lowest BCUT2D eigenvalue weighted by atomic mass is 9.80. The van der Waals surface area contributed by atoms with E-state index in [-0.39, 0.29) is 5.54 Å². The van der Waals surface area contributed by atoms with Gasteiger partial charge in [-0.1, -0.05) is 13.8 Å². The summed E-state index contributed by atoms with van der Waals surface area (Å²) >= 11 is 0. The number of fused-ring (bicyclic) bond motifs is 1. The van der Waals surface area contributed by atoms with Crippen LogP contribution in [0.5, 0.6) is 0 Å². The number of aryl methyl sites for hydroxylation is 1. The third-order valence-electron chi connectivity index (χ3n) is 3.90. The van der Waals surface area contributed by atoms with Gasteiger partial charge < -0.3 is 10.6 Å². The number of hydrogen-bond donors (Lipinski definition) is 1. The highest BCUT2D eigenvalue weighted by molar-refractivity contribution is 5.65. The zero-order valence-corrected chi connectivity index (χ0v) is 11.0. The van der Waals surface area contributed by atoms with Crippen LogP contribution in [-0.2, 0) is 0 Å². The van der Waals surface area contributed by atoms with Crippen molar-refractivity contribution in [2.24, 2.45) is 11.7 Å². The van der Waals surface area contributed by atoms with Crippen LogP contribution in [0.25, 0.3) is 5.65 Å². The van der Waals surface area contributed by atoms with Crippen LogP contribution in [0.15, 0.2) is 12.4 Å². The van der Waals surface area contributed by atoms with E-state index in [4.69, 9.17) is 5.73 Å². The Bertz CT molecular complexity index is 581. The fourth-order valence-electron chi connectivity index (χ4n) is 2.33. The molecule has 0 radical (unpaired) electrons. The minimum Gasteiger partial charge on any atom is -0.350 e. The Labute approximate surface area is 106 Å². The van der Waals surface area contributed by atoms with Crippen LogP contribution in [-0.4, -0.2) is 38.2 Å². The first-order valence-corrected chi connectivity index (χ1v) is 6.21. The Morgan fingerprint density at radius 3 is 2.72 bits per heavy atom. The minimum absolute atomic E-state index is 0.108. The number of anilines is 1. The van der Waals surface area contributed by atoms with E-state index >= 15 is 0 Å². The van der Waals surface area contributed by atoms with Crippen LogP contribution in [0.3, 0.4) is 0 Å². The first-order chi connectivity index (χ1) is 8.51. The van der Waals surface area contributed by atoms with Crippen molar-refractivity contribution in [2.75, 3.05) is 18.0 Å². The molecule has 2 aromatic heterocycles. The lowest BCUT2D eigenvalue weighted by Gasteiger charge is -2.50. The number of nitrogens with zero attached hydrogens (tertiary/aromatic N) is 5. The smallest absolute Gasteiger partial charge is 0.203 e. The third kappa shape index (κ3) is 1.49. The fraction of sp³-hybridized carbons (Fsp3) is 0.583. The molecule has 3 heterocycles. The van der Waals surface area contributed by atoms with Crippen LogP contribution < -0.4 is 10.6 Å². The Kier molecular flexibility index (Phi) is 2.31. The van der Waals surface area contributed by atoms with Gasteiger partial charge in [0.25, 0.3) is 0 Å². The summed E-state index contributed by atoms with van der Waals surface area (Å²) < 4.78 is 1.95. The Balaban J connectivity index is 1.93. The highest BCUT2D eigenvalue weighted by atomic mass is 15.3. The SMILES string of the molecule is Cc1nnc2c(N3CC(N)(C(C)C)C3)nccn12. The maximum absolute atomic E-state index is 6.31. The fourth-order valence-corrected chi connectivity index (χ4v) is 2.33. The predicted octanol–water partition coefficient (Wildman–Crippen LogP) is 0.606. The molecule has 6 nitrogen and oxygen atoms in total. The Morgan fingerprint density at radius 1 is 1.33 bits per heavy atom. The van der Waals surface area contributed by atoms with Gasteiger partial charge in [0, 0.05) is 25.5 Å². The minimum atomic E-state index is -0.108. The summed E-state index contributed by atoms with van der Waals surface area (Å²) in [7, 11) is 0. The van der Waals surface area contributed by atoms with Gasteiger partial charge in [-0.15, -0.1) is 10.2 Å². The van der Waals surface area contributed by atoms with E-state index in [2.05, 4.69) is 33.9 Å². The summed E-state index contributed by atoms with van der Waals surface area (Å²) in [5.41, 5.74) is 7.01. The van der Waals surface area contributed by atoms with E-state index in [1.807, 2.05) is 17.5 Å². The lowest BCUT2D eigenvalue weighted by Crippen LogP contribution is -2.70. The molecule has 0 aromatic carbocycles. The highest BCUT2D eigenvalue weighted by Crippen LogP contribution is 2.31. The van der Waals surface area contributed by atoms with Crippen molar-refractivity contribution in [1.82, 2.24) is 19.6 Å². The molecular formula is C12H18N6. The van der Waals surface area contributed by atoms with Crippen LogP contribution >= 0.6 is 0 Å². The molecule has 18 heavy (non-hydrogen) atoms. The topological polar surface area (TPSA) is 72.3 Å². The predicted molar refractivity (Wildman–Crippen MR) is 69.5 cm³/mol. The molecule has 96 valence electrons. The van der Waals surface area contributed by atoms with Gasteiger partial charge in [0.2, 0.25) is 5.65 Å². The first kappa shape index (κ1) is 11.4. The summed E-state index contributed by atoms with van der Waals surface area (Å²) in [4.78, 5) is 6.58. The summed E-state index contributed by atoms with van der Waals surface area (Å²) in [6, 6.07) is 0. The number of rotatable bonds is 2. The summed E-state index contributed by atoms with van der Waals surface area (Å²) in [5, 5.41) is 8.27. The van der Waals surface area contributed by atoms with Gasteiger partial charge in [-0.2, -0.15) is 0 Å². The molecule has 1 fully saturated rings. The van der Waals surface area contributed by atoms with Gasteiger partial charge in [-0.3, -0.25) is 4.40 Å². The van der Waals surface area contributed by atoms with Gasteiger partial charge in [0.05, 0.1) is 5.54 Å². The van der Waals surface area contributed by atoms with E-state index in [9.17, 15) is 0 Å². The number of aromatic nitrogens is 4. The van der Waals surface area contributed by atoms with E-state index in [1.165, 1.54) is 0 Å². The van der Waals surface area contributed by atoms with Gasteiger partial charge in [0.1, 0.15) is 5.82 Å². The molecule has 0 spiro atoms. The molecule has 0 unspecified atom stereocenters. The zero-order valence-electron chi connectivity index (χ0n) is 11.0. The van der Waals surface area contributed by atoms with Gasteiger partial charge in [-0.05, 0) is 12.8 Å². The molecule has 0 aliphatic carbocycles. The monoisotopic (exact) mass is 246 g/mol. The van der Waals surface area contributed by atoms with E-state index in [1.54, 1.807) is 6.20 Å². The van der Waals surface area contributed by atoms with Crippen molar-refractivity contribution >= 4 is 11.5 Å². The van der Waals surface area contributed by atoms with Crippen LogP contribution in [0.2, 0.25) is 0 Å². The molecule has 1 aliphatic heterocycles. The van der Waals surface area contributed by atoms with Gasteiger partial charge >= 0.3 is 0 Å². The van der Waals surface area contributed by atoms with Crippen molar-refractivity contribution in [3.8, 4) is 0 Å². The molecule has 1 saturated heterocycles. The Morgan fingerprint density at radius 2 is 2.06 bits per heavy atom. The molecule has 1 aliphatic rings. The highest BCUT2D eigenvalue weighted by Gasteiger charge is 2.43. The molecule has 0 saturated carbocycles. The maximum Gasteiger partial charge on any atom is 0.203 e. The third-order valence-corrected chi connectivity index (χ3v) is 3.90. The van der Waals surface area contributed by atoms with Gasteiger partial charge in [-0.25, -0.2) is 4.98 Å². The van der Waals surface area contributed by atoms with Crippen molar-refractivity contribution in [1.29, 1.82) is 0 Å². The summed E-state index contributed by atoms with van der Waals surface area (Å²) in [6.07, 6.45) is 3.66. The first-order valence-electron chi connectivity index (χ1n) is 6.21. The average Bonchev–Trinajstić information content (AvgIpc) is 2.67. The normalized spacial score (nSPS) is 18.4. The summed E-state index contributed by atoms with van der Waals surface area (Å²) in [5.74, 6) is 2.21. The van der Waals surface area contributed by atoms with Crippen LogP contribution in [0.1, 0.15) is 19.7 Å². The molecule has 3 rings (SSSR count). The molecule has 2 aromatic rings. The van der Waals surface area contributed by atoms with Crippen molar-refractivity contribution < 1.29 is 0 Å². The van der Waals surface area contributed by atoms with E-state index < -0.39 is 0 Å². The Hall–Kier alpha value is -1.69. The molecule has 0 amide bonds. The maximum atomic E-state index is 6.31. The van der Waals surface area contributed by atoms with E-state index in [0.29, 0.717) is 5.92 Å². The molecule has 6 heteroatoms. The molecule has 0 atom stereocenters. The molecule has 2 N–H and O–H groups in total. The largest absolute Gasteiger partial charge is 0.350 e. The second kappa shape index (κ2) is 3.65. The number of hydrogen-bond acceptors (Lipinski definition) is 5. The van der Waals surface area contributed by atoms with Crippen molar-refractivity contribution in [2.45, 2.75) is 26.3 Å². The summed E-state index contributed by atoms with van der Waals surface area (Å²) in [6.45, 7) is 7.90. The molecule has 0 bridgehead atoms. The van der Waals surface area contributed by atoms with Crippen LogP contribution in [0, 0.1) is 12.8 Å². The standard InChI is InChI=1S/C12H18N6/c1-8(2)12(13)6-17(7-12)10-11-16-15-9(3)18(11)5-4-14-10/h4-5,8H,6-7,13H2,1-3H3. The number of nitrogens with two attached hydrogens (primary N) is 1. The van der Waals surface area contributed by atoms with Crippen molar-refractivity contribution in [3.63, 3.8) is 0 Å². The van der Waals surface area contributed by atoms with Crippen LogP contribution in [0.4, 0.5) is 5.82 Å². The zero-order chi connectivity index (χ0) is 12.9. The second-order valence-electron chi connectivity index (χ2n) is 5.44. The average molecular weight is 246 g/mol. The van der Waals surface area contributed by atoms with Gasteiger partial charge in [0.15, 0.2) is 5.82 Å². The van der Waals surface area contributed by atoms with Crippen molar-refractivity contribution in [3.05, 3.63) is 18.2 Å². The second-order valence-corrected chi connectivity index (χ2v) is 5.44. The van der Waals surface area contributed by atoms with E-state index in [0.717, 1.165) is 30.4 Å².